The average Bonchev–Trinajstić information content (AvgIpc) is 2.96. The largest absolute Gasteiger partial charge is 0.493 e. The smallest absolute Gasteiger partial charge is 0.171 e. The summed E-state index contributed by atoms with van der Waals surface area (Å²) in [6.45, 7) is 16.8. The molecule has 4 heteroatoms. The molecule has 0 bridgehead atoms. The highest BCUT2D eigenvalue weighted by Gasteiger charge is 2.16. The number of hydrogen-bond donors (Lipinski definition) is 0. The molecular weight excluding hydrogens is 330 g/mol. The molecule has 0 radical (unpaired) electrons. The Labute approximate surface area is 156 Å². The molecule has 0 spiro atoms. The molecule has 0 unspecified atom stereocenters. The van der Waals surface area contributed by atoms with Gasteiger partial charge in [-0.25, -0.2) is 4.98 Å². The number of ketones is 1. The topological polar surface area (TPSA) is 39.2 Å². The first-order valence-corrected chi connectivity index (χ1v) is 9.86. The van der Waals surface area contributed by atoms with E-state index in [9.17, 15) is 4.79 Å². The third-order valence-electron chi connectivity index (χ3n) is 3.57. The monoisotopic (exact) mass is 361 g/mol. The maximum Gasteiger partial charge on any atom is 0.171 e. The number of benzene rings is 1. The highest BCUT2D eigenvalue weighted by molar-refractivity contribution is 7.17. The number of hydrogen-bond acceptors (Lipinski definition) is 4. The molecule has 0 saturated heterocycles. The van der Waals surface area contributed by atoms with Crippen molar-refractivity contribution >= 4 is 17.1 Å². The third kappa shape index (κ3) is 5.67. The van der Waals surface area contributed by atoms with Crippen molar-refractivity contribution in [1.82, 2.24) is 4.98 Å². The number of aryl methyl sites for hydroxylation is 1. The number of nitrogens with zero attached hydrogens (tertiary/aromatic N) is 1. The summed E-state index contributed by atoms with van der Waals surface area (Å²) < 4.78 is 5.95. The van der Waals surface area contributed by atoms with Crippen LogP contribution in [0.2, 0.25) is 0 Å². The van der Waals surface area contributed by atoms with Gasteiger partial charge in [0.2, 0.25) is 0 Å². The van der Waals surface area contributed by atoms with E-state index in [-0.39, 0.29) is 5.78 Å². The van der Waals surface area contributed by atoms with Crippen molar-refractivity contribution in [2.24, 2.45) is 5.92 Å². The summed E-state index contributed by atoms with van der Waals surface area (Å²) in [5.41, 5.74) is 3.04. The van der Waals surface area contributed by atoms with Crippen molar-refractivity contribution < 1.29 is 9.53 Å². The lowest BCUT2D eigenvalue weighted by atomic mass is 9.99. The fraction of sp³-hybridized carbons (Fsp3) is 0.524. The molecule has 0 aliphatic heterocycles. The van der Waals surface area contributed by atoms with E-state index in [1.807, 2.05) is 32.9 Å². The number of Topliss-reactive ketones (excluding diaryl/α,β-unsaturated/α-hetero) is 1. The Kier molecular flexibility index (Phi) is 8.30. The molecule has 0 atom stereocenters. The van der Waals surface area contributed by atoms with Gasteiger partial charge in [0.1, 0.15) is 10.8 Å². The zero-order chi connectivity index (χ0) is 19.1. The van der Waals surface area contributed by atoms with Crippen LogP contribution in [-0.2, 0) is 0 Å². The Balaban J connectivity index is 0.00000151. The number of thiazole rings is 1. The lowest BCUT2D eigenvalue weighted by molar-refractivity contribution is 0.102. The van der Waals surface area contributed by atoms with E-state index in [1.54, 1.807) is 6.92 Å². The minimum atomic E-state index is 0.0761. The van der Waals surface area contributed by atoms with E-state index in [0.717, 1.165) is 26.9 Å². The van der Waals surface area contributed by atoms with Crippen LogP contribution in [0.15, 0.2) is 18.2 Å². The fourth-order valence-corrected chi connectivity index (χ4v) is 3.32. The summed E-state index contributed by atoms with van der Waals surface area (Å²) >= 11 is 1.46. The van der Waals surface area contributed by atoms with Gasteiger partial charge in [0.05, 0.1) is 17.2 Å². The molecule has 0 aliphatic rings. The summed E-state index contributed by atoms with van der Waals surface area (Å²) in [4.78, 5) is 16.9. The number of carbonyl (C=O) groups is 1. The lowest BCUT2D eigenvalue weighted by Crippen LogP contribution is -2.06. The van der Waals surface area contributed by atoms with E-state index in [0.29, 0.717) is 18.4 Å². The summed E-state index contributed by atoms with van der Waals surface area (Å²) in [7, 11) is 0. The average molecular weight is 362 g/mol. The Morgan fingerprint density at radius 3 is 2.32 bits per heavy atom. The van der Waals surface area contributed by atoms with Crippen molar-refractivity contribution in [1.29, 1.82) is 0 Å². The van der Waals surface area contributed by atoms with Crippen LogP contribution in [-0.4, -0.2) is 17.4 Å². The first kappa shape index (κ1) is 21.4. The molecule has 0 amide bonds. The zero-order valence-electron chi connectivity index (χ0n) is 16.8. The second-order valence-electron chi connectivity index (χ2n) is 6.60. The van der Waals surface area contributed by atoms with Crippen molar-refractivity contribution in [3.63, 3.8) is 0 Å². The number of aromatic nitrogens is 1. The van der Waals surface area contributed by atoms with Crippen molar-refractivity contribution in [2.75, 3.05) is 6.61 Å². The van der Waals surface area contributed by atoms with Crippen molar-refractivity contribution in [2.45, 2.75) is 61.3 Å². The molecule has 138 valence electrons. The minimum absolute atomic E-state index is 0.0761. The maximum absolute atomic E-state index is 11.6. The zero-order valence-corrected chi connectivity index (χ0v) is 17.6. The summed E-state index contributed by atoms with van der Waals surface area (Å²) in [5.74, 6) is 1.88. The quantitative estimate of drug-likeness (QED) is 0.551. The van der Waals surface area contributed by atoms with Crippen LogP contribution < -0.4 is 4.74 Å². The minimum Gasteiger partial charge on any atom is -0.493 e. The van der Waals surface area contributed by atoms with Gasteiger partial charge in [0, 0.05) is 12.5 Å². The van der Waals surface area contributed by atoms with Gasteiger partial charge < -0.3 is 4.74 Å². The molecule has 1 heterocycles. The van der Waals surface area contributed by atoms with Gasteiger partial charge in [-0.1, -0.05) is 41.5 Å². The van der Waals surface area contributed by atoms with Crippen LogP contribution in [0.3, 0.4) is 0 Å². The third-order valence-corrected chi connectivity index (χ3v) is 4.87. The normalized spacial score (nSPS) is 10.6. The van der Waals surface area contributed by atoms with Gasteiger partial charge in [-0.15, -0.1) is 11.3 Å². The van der Waals surface area contributed by atoms with E-state index >= 15 is 0 Å². The molecule has 0 aliphatic carbocycles. The van der Waals surface area contributed by atoms with Gasteiger partial charge in [0.25, 0.3) is 0 Å². The fourth-order valence-electron chi connectivity index (χ4n) is 2.37. The molecule has 2 rings (SSSR count). The van der Waals surface area contributed by atoms with Crippen molar-refractivity contribution in [3.8, 4) is 16.3 Å². The van der Waals surface area contributed by atoms with Crippen LogP contribution in [0, 0.1) is 12.8 Å². The van der Waals surface area contributed by atoms with Crippen LogP contribution in [0.5, 0.6) is 5.75 Å². The molecule has 0 saturated carbocycles. The SMILES string of the molecule is CC.CC(=O)c1sc(-c2ccc(OCC(C)C)c(C(C)C)c2)nc1C. The molecule has 25 heavy (non-hydrogen) atoms. The first-order chi connectivity index (χ1) is 11.8. The summed E-state index contributed by atoms with van der Waals surface area (Å²) in [5, 5.41) is 0.894. The Bertz CT molecular complexity index is 702. The number of ether oxygens (including phenoxy) is 1. The molecular formula is C21H31NO2S. The molecule has 1 aromatic carbocycles. The Morgan fingerprint density at radius 1 is 1.20 bits per heavy atom. The molecule has 2 aromatic rings. The summed E-state index contributed by atoms with van der Waals surface area (Å²) in [6, 6.07) is 6.20. The molecule has 1 aromatic heterocycles. The van der Waals surface area contributed by atoms with Gasteiger partial charge in [-0.2, -0.15) is 0 Å². The van der Waals surface area contributed by atoms with Gasteiger partial charge in [0.15, 0.2) is 5.78 Å². The Morgan fingerprint density at radius 2 is 1.84 bits per heavy atom. The van der Waals surface area contributed by atoms with Crippen LogP contribution in [0.1, 0.15) is 75.3 Å². The van der Waals surface area contributed by atoms with Crippen LogP contribution >= 0.6 is 11.3 Å². The molecule has 0 fully saturated rings. The van der Waals surface area contributed by atoms with E-state index < -0.39 is 0 Å². The standard InChI is InChI=1S/C19H25NO2S.C2H6/c1-11(2)10-22-17-8-7-15(9-16(17)12(3)4)19-20-13(5)18(23-19)14(6)21;1-2/h7-9,11-12H,10H2,1-6H3;1-2H3. The lowest BCUT2D eigenvalue weighted by Gasteiger charge is -2.16. The predicted molar refractivity (Wildman–Crippen MR) is 108 cm³/mol. The second-order valence-corrected chi connectivity index (χ2v) is 7.60. The molecule has 3 nitrogen and oxygen atoms in total. The van der Waals surface area contributed by atoms with E-state index in [1.165, 1.54) is 16.9 Å². The van der Waals surface area contributed by atoms with Gasteiger partial charge in [-0.05, 0) is 42.5 Å². The Hall–Kier alpha value is -1.68. The van der Waals surface area contributed by atoms with E-state index in [2.05, 4.69) is 38.7 Å². The van der Waals surface area contributed by atoms with Gasteiger partial charge >= 0.3 is 0 Å². The number of carbonyl (C=O) groups excluding carboxylic acids is 1. The van der Waals surface area contributed by atoms with Gasteiger partial charge in [-0.3, -0.25) is 4.79 Å². The second kappa shape index (κ2) is 9.71. The highest BCUT2D eigenvalue weighted by atomic mass is 32.1. The first-order valence-electron chi connectivity index (χ1n) is 9.05. The predicted octanol–water partition coefficient (Wildman–Crippen LogP) is 6.51. The highest BCUT2D eigenvalue weighted by Crippen LogP contribution is 2.34. The maximum atomic E-state index is 11.6. The summed E-state index contributed by atoms with van der Waals surface area (Å²) in [6.07, 6.45) is 0. The molecule has 0 N–H and O–H groups in total. The van der Waals surface area contributed by atoms with Crippen molar-refractivity contribution in [3.05, 3.63) is 34.3 Å². The number of rotatable bonds is 6. The van der Waals surface area contributed by atoms with Crippen LogP contribution in [0.4, 0.5) is 0 Å². The van der Waals surface area contributed by atoms with Crippen LogP contribution in [0.25, 0.3) is 10.6 Å². The van der Waals surface area contributed by atoms with E-state index in [4.69, 9.17) is 4.74 Å².